The lowest BCUT2D eigenvalue weighted by Crippen LogP contribution is -2.49. The zero-order chi connectivity index (χ0) is 11.1. The highest BCUT2D eigenvalue weighted by Gasteiger charge is 2.49. The van der Waals surface area contributed by atoms with E-state index in [2.05, 4.69) is 0 Å². The van der Waals surface area contributed by atoms with E-state index in [0.717, 1.165) is 11.8 Å². The van der Waals surface area contributed by atoms with Gasteiger partial charge < -0.3 is 4.74 Å². The first kappa shape index (κ1) is 10.4. The van der Waals surface area contributed by atoms with E-state index in [0.29, 0.717) is 11.8 Å². The van der Waals surface area contributed by atoms with E-state index in [9.17, 15) is 4.79 Å². The fraction of sp³-hybridized carbons (Fsp3) is 0.786. The summed E-state index contributed by atoms with van der Waals surface area (Å²) in [5.74, 6) is 3.09. The molecule has 4 aliphatic rings. The lowest BCUT2D eigenvalue weighted by atomic mass is 9.55. The molecule has 88 valence electrons. The second kappa shape index (κ2) is 3.90. The van der Waals surface area contributed by atoms with Crippen molar-refractivity contribution >= 4 is 5.97 Å². The van der Waals surface area contributed by atoms with Gasteiger partial charge in [-0.25, -0.2) is 4.79 Å². The fourth-order valence-corrected chi connectivity index (χ4v) is 4.38. The van der Waals surface area contributed by atoms with Crippen LogP contribution in [0.3, 0.4) is 0 Å². The molecule has 0 atom stereocenters. The van der Waals surface area contributed by atoms with E-state index in [1.54, 1.807) is 12.2 Å². The van der Waals surface area contributed by atoms with Crippen LogP contribution in [0, 0.1) is 23.7 Å². The first-order chi connectivity index (χ1) is 7.76. The third-order valence-corrected chi connectivity index (χ3v) is 4.70. The first-order valence-corrected chi connectivity index (χ1v) is 6.59. The Balaban J connectivity index is 1.70. The average molecular weight is 220 g/mol. The van der Waals surface area contributed by atoms with E-state index in [1.807, 2.05) is 6.92 Å². The maximum absolute atomic E-state index is 11.5. The predicted octanol–water partition coefficient (Wildman–Crippen LogP) is 2.93. The van der Waals surface area contributed by atoms with Crippen molar-refractivity contribution in [1.29, 1.82) is 0 Å². The molecule has 0 heterocycles. The molecule has 0 unspecified atom stereocenters. The van der Waals surface area contributed by atoms with Crippen molar-refractivity contribution < 1.29 is 9.53 Å². The summed E-state index contributed by atoms with van der Waals surface area (Å²) >= 11 is 0. The van der Waals surface area contributed by atoms with Crippen LogP contribution in [0.1, 0.15) is 39.0 Å². The van der Waals surface area contributed by atoms with Crippen molar-refractivity contribution in [1.82, 2.24) is 0 Å². The molecule has 16 heavy (non-hydrogen) atoms. The summed E-state index contributed by atoms with van der Waals surface area (Å²) in [4.78, 5) is 11.5. The van der Waals surface area contributed by atoms with E-state index >= 15 is 0 Å². The number of allylic oxidation sites excluding steroid dienone is 1. The van der Waals surface area contributed by atoms with Crippen LogP contribution in [0.25, 0.3) is 0 Å². The van der Waals surface area contributed by atoms with Crippen molar-refractivity contribution in [3.8, 4) is 0 Å². The van der Waals surface area contributed by atoms with Crippen LogP contribution in [0.2, 0.25) is 0 Å². The van der Waals surface area contributed by atoms with Gasteiger partial charge in [0.05, 0.1) is 0 Å². The summed E-state index contributed by atoms with van der Waals surface area (Å²) in [6.07, 6.45) is 10.2. The molecule has 4 bridgehead atoms. The van der Waals surface area contributed by atoms with Crippen LogP contribution in [0.5, 0.6) is 0 Å². The minimum Gasteiger partial charge on any atom is -0.459 e. The Hall–Kier alpha value is -0.790. The number of esters is 1. The van der Waals surface area contributed by atoms with Gasteiger partial charge in [-0.15, -0.1) is 0 Å². The van der Waals surface area contributed by atoms with Crippen molar-refractivity contribution in [2.24, 2.45) is 23.7 Å². The Bertz CT molecular complexity index is 291. The van der Waals surface area contributed by atoms with Gasteiger partial charge in [-0.3, -0.25) is 0 Å². The van der Waals surface area contributed by atoms with Crippen LogP contribution in [-0.4, -0.2) is 12.1 Å². The van der Waals surface area contributed by atoms with Crippen molar-refractivity contribution in [2.45, 2.75) is 45.1 Å². The van der Waals surface area contributed by atoms with Crippen molar-refractivity contribution in [3.63, 3.8) is 0 Å². The maximum Gasteiger partial charge on any atom is 0.330 e. The number of rotatable bonds is 2. The molecule has 4 aliphatic carbocycles. The van der Waals surface area contributed by atoms with E-state index in [-0.39, 0.29) is 12.1 Å². The lowest BCUT2D eigenvalue weighted by Gasteiger charge is -2.53. The molecule has 0 aromatic rings. The summed E-state index contributed by atoms with van der Waals surface area (Å²) in [6, 6.07) is 0. The standard InChI is InChI=1S/C14H20O2/c1-2-3-13(15)16-14-11-5-9-4-10(7-11)8-12(14)6-9/h2-3,9-12,14H,4-8H2,1H3. The molecule has 0 spiro atoms. The lowest BCUT2D eigenvalue weighted by molar-refractivity contribution is -0.165. The third kappa shape index (κ3) is 1.68. The Labute approximate surface area is 97.1 Å². The molecule has 0 amide bonds. The van der Waals surface area contributed by atoms with Gasteiger partial charge in [0, 0.05) is 6.08 Å². The van der Waals surface area contributed by atoms with Crippen LogP contribution < -0.4 is 0 Å². The minimum absolute atomic E-state index is 0.139. The molecule has 0 saturated heterocycles. The summed E-state index contributed by atoms with van der Waals surface area (Å²) < 4.78 is 5.64. The molecule has 4 fully saturated rings. The molecule has 4 rings (SSSR count). The zero-order valence-corrected chi connectivity index (χ0v) is 9.89. The van der Waals surface area contributed by atoms with E-state index in [1.165, 1.54) is 32.1 Å². The topological polar surface area (TPSA) is 26.3 Å². The Morgan fingerprint density at radius 3 is 2.12 bits per heavy atom. The van der Waals surface area contributed by atoms with Gasteiger partial charge in [0.2, 0.25) is 0 Å². The van der Waals surface area contributed by atoms with Crippen LogP contribution >= 0.6 is 0 Å². The Morgan fingerprint density at radius 2 is 1.62 bits per heavy atom. The van der Waals surface area contributed by atoms with Gasteiger partial charge in [0.1, 0.15) is 6.10 Å². The smallest absolute Gasteiger partial charge is 0.330 e. The maximum atomic E-state index is 11.5. The van der Waals surface area contributed by atoms with Gasteiger partial charge in [0.15, 0.2) is 0 Å². The third-order valence-electron chi connectivity index (χ3n) is 4.70. The molecular weight excluding hydrogens is 200 g/mol. The zero-order valence-electron chi connectivity index (χ0n) is 9.89. The summed E-state index contributed by atoms with van der Waals surface area (Å²) in [7, 11) is 0. The number of carbonyl (C=O) groups is 1. The predicted molar refractivity (Wildman–Crippen MR) is 61.7 cm³/mol. The monoisotopic (exact) mass is 220 g/mol. The second-order valence-corrected chi connectivity index (χ2v) is 5.83. The van der Waals surface area contributed by atoms with E-state index < -0.39 is 0 Å². The molecule has 0 radical (unpaired) electrons. The largest absolute Gasteiger partial charge is 0.459 e. The number of hydrogen-bond acceptors (Lipinski definition) is 2. The van der Waals surface area contributed by atoms with Crippen LogP contribution in [0.15, 0.2) is 12.2 Å². The SMILES string of the molecule is CC=CC(=O)OC1C2CC3CC(C2)CC1C3. The van der Waals surface area contributed by atoms with Gasteiger partial charge in [-0.1, -0.05) is 6.08 Å². The fourth-order valence-electron chi connectivity index (χ4n) is 4.38. The average Bonchev–Trinajstić information content (AvgIpc) is 2.23. The highest BCUT2D eigenvalue weighted by molar-refractivity contribution is 5.82. The van der Waals surface area contributed by atoms with Gasteiger partial charge in [0.25, 0.3) is 0 Å². The molecule has 4 saturated carbocycles. The number of ether oxygens (including phenoxy) is 1. The van der Waals surface area contributed by atoms with Crippen molar-refractivity contribution in [3.05, 3.63) is 12.2 Å². The number of carbonyl (C=O) groups excluding carboxylic acids is 1. The van der Waals surface area contributed by atoms with Crippen molar-refractivity contribution in [2.75, 3.05) is 0 Å². The molecule has 2 heteroatoms. The van der Waals surface area contributed by atoms with Gasteiger partial charge in [-0.2, -0.15) is 0 Å². The van der Waals surface area contributed by atoms with Gasteiger partial charge in [-0.05, 0) is 62.7 Å². The second-order valence-electron chi connectivity index (χ2n) is 5.83. The molecular formula is C14H20O2. The van der Waals surface area contributed by atoms with Crippen LogP contribution in [-0.2, 0) is 9.53 Å². The molecule has 0 N–H and O–H groups in total. The summed E-state index contributed by atoms with van der Waals surface area (Å²) in [5.41, 5.74) is 0. The highest BCUT2D eigenvalue weighted by Crippen LogP contribution is 2.54. The molecule has 2 nitrogen and oxygen atoms in total. The minimum atomic E-state index is -0.139. The summed E-state index contributed by atoms with van der Waals surface area (Å²) in [6.45, 7) is 1.86. The molecule has 0 aromatic carbocycles. The van der Waals surface area contributed by atoms with E-state index in [4.69, 9.17) is 4.74 Å². The Morgan fingerprint density at radius 1 is 1.06 bits per heavy atom. The van der Waals surface area contributed by atoms with Crippen LogP contribution in [0.4, 0.5) is 0 Å². The molecule has 0 aliphatic heterocycles. The normalized spacial score (nSPS) is 45.2. The van der Waals surface area contributed by atoms with Gasteiger partial charge >= 0.3 is 5.97 Å². The molecule has 0 aromatic heterocycles. The number of hydrogen-bond donors (Lipinski definition) is 0. The highest BCUT2D eigenvalue weighted by atomic mass is 16.5. The summed E-state index contributed by atoms with van der Waals surface area (Å²) in [5, 5.41) is 0. The first-order valence-electron chi connectivity index (χ1n) is 6.59. The Kier molecular flexibility index (Phi) is 2.53. The quantitative estimate of drug-likeness (QED) is 0.528.